The number of likely N-dealkylation sites (N-methyl/N-ethyl adjacent to an activating group) is 1. The predicted octanol–water partition coefficient (Wildman–Crippen LogP) is -0.486. The Balaban J connectivity index is 2.18. The SMILES string of the molecule is CSCC[C@@H](N)C(=O)NCC1CN(C)CCO1. The molecule has 1 fully saturated rings. The number of ether oxygens (including phenoxy) is 1. The lowest BCUT2D eigenvalue weighted by molar-refractivity contribution is -0.123. The van der Waals surface area contributed by atoms with E-state index in [0.29, 0.717) is 6.54 Å². The first-order valence-corrected chi connectivity index (χ1v) is 7.35. The molecule has 3 N–H and O–H groups in total. The molecule has 0 aromatic rings. The van der Waals surface area contributed by atoms with E-state index in [1.165, 1.54) is 0 Å². The van der Waals surface area contributed by atoms with E-state index < -0.39 is 6.04 Å². The van der Waals surface area contributed by atoms with Crippen LogP contribution in [0.2, 0.25) is 0 Å². The summed E-state index contributed by atoms with van der Waals surface area (Å²) in [4.78, 5) is 13.9. The summed E-state index contributed by atoms with van der Waals surface area (Å²) in [5.74, 6) is 0.841. The fourth-order valence-corrected chi connectivity index (χ4v) is 2.20. The van der Waals surface area contributed by atoms with E-state index in [1.54, 1.807) is 11.8 Å². The zero-order valence-electron chi connectivity index (χ0n) is 10.6. The first kappa shape index (κ1) is 14.8. The second-order valence-electron chi connectivity index (χ2n) is 4.39. The molecule has 0 bridgehead atoms. The minimum Gasteiger partial charge on any atom is -0.374 e. The second kappa shape index (κ2) is 7.92. The molecule has 2 atom stereocenters. The van der Waals surface area contributed by atoms with Gasteiger partial charge in [0.1, 0.15) is 0 Å². The summed E-state index contributed by atoms with van der Waals surface area (Å²) >= 11 is 1.70. The van der Waals surface area contributed by atoms with Crippen LogP contribution in [0.1, 0.15) is 6.42 Å². The predicted molar refractivity (Wildman–Crippen MR) is 71.2 cm³/mol. The molecule has 1 amide bonds. The highest BCUT2D eigenvalue weighted by molar-refractivity contribution is 7.98. The van der Waals surface area contributed by atoms with Gasteiger partial charge in [-0.1, -0.05) is 0 Å². The van der Waals surface area contributed by atoms with E-state index in [0.717, 1.165) is 31.9 Å². The third-order valence-corrected chi connectivity index (χ3v) is 3.46. The van der Waals surface area contributed by atoms with Crippen LogP contribution in [-0.2, 0) is 9.53 Å². The van der Waals surface area contributed by atoms with Crippen LogP contribution in [0.3, 0.4) is 0 Å². The largest absolute Gasteiger partial charge is 0.374 e. The van der Waals surface area contributed by atoms with Gasteiger partial charge in [-0.05, 0) is 25.5 Å². The fourth-order valence-electron chi connectivity index (χ4n) is 1.71. The smallest absolute Gasteiger partial charge is 0.237 e. The molecule has 1 rings (SSSR count). The van der Waals surface area contributed by atoms with E-state index in [2.05, 4.69) is 17.3 Å². The Bertz CT molecular complexity index is 241. The molecule has 1 unspecified atom stereocenters. The Kier molecular flexibility index (Phi) is 6.87. The summed E-state index contributed by atoms with van der Waals surface area (Å²) in [7, 11) is 2.06. The van der Waals surface area contributed by atoms with Crippen molar-refractivity contribution >= 4 is 17.7 Å². The number of morpholine rings is 1. The van der Waals surface area contributed by atoms with E-state index in [1.807, 2.05) is 6.26 Å². The molecule has 0 aromatic carbocycles. The summed E-state index contributed by atoms with van der Waals surface area (Å²) in [5.41, 5.74) is 5.77. The van der Waals surface area contributed by atoms with Crippen LogP contribution in [0, 0.1) is 0 Å². The molecule has 100 valence electrons. The molecular formula is C11H23N3O2S. The molecule has 1 saturated heterocycles. The van der Waals surface area contributed by atoms with Crippen molar-refractivity contribution in [1.29, 1.82) is 0 Å². The molecule has 0 aliphatic carbocycles. The van der Waals surface area contributed by atoms with Crippen molar-refractivity contribution in [3.05, 3.63) is 0 Å². The van der Waals surface area contributed by atoms with Gasteiger partial charge in [0, 0.05) is 19.6 Å². The lowest BCUT2D eigenvalue weighted by atomic mass is 10.2. The van der Waals surface area contributed by atoms with Crippen LogP contribution in [0.15, 0.2) is 0 Å². The van der Waals surface area contributed by atoms with E-state index in [9.17, 15) is 4.79 Å². The van der Waals surface area contributed by atoms with Gasteiger partial charge in [0.2, 0.25) is 5.91 Å². The van der Waals surface area contributed by atoms with Gasteiger partial charge < -0.3 is 20.7 Å². The molecule has 5 nitrogen and oxygen atoms in total. The minimum absolute atomic E-state index is 0.0733. The summed E-state index contributed by atoms with van der Waals surface area (Å²) in [6, 6.07) is -0.399. The van der Waals surface area contributed by atoms with Crippen LogP contribution >= 0.6 is 11.8 Å². The van der Waals surface area contributed by atoms with E-state index in [-0.39, 0.29) is 12.0 Å². The van der Waals surface area contributed by atoms with Crippen LogP contribution < -0.4 is 11.1 Å². The lowest BCUT2D eigenvalue weighted by Crippen LogP contribution is -2.49. The number of nitrogens with one attached hydrogen (secondary N) is 1. The number of carbonyl (C=O) groups excluding carboxylic acids is 1. The highest BCUT2D eigenvalue weighted by atomic mass is 32.2. The first-order valence-electron chi connectivity index (χ1n) is 5.96. The average molecular weight is 261 g/mol. The zero-order valence-corrected chi connectivity index (χ0v) is 11.5. The maximum absolute atomic E-state index is 11.7. The highest BCUT2D eigenvalue weighted by Crippen LogP contribution is 2.02. The third-order valence-electron chi connectivity index (χ3n) is 2.82. The number of hydrogen-bond acceptors (Lipinski definition) is 5. The lowest BCUT2D eigenvalue weighted by Gasteiger charge is -2.30. The standard InChI is InChI=1S/C11H23N3O2S/c1-14-4-5-16-9(8-14)7-13-11(15)10(12)3-6-17-2/h9-10H,3-8,12H2,1-2H3,(H,13,15)/t9?,10-/m1/s1. The average Bonchev–Trinajstić information content (AvgIpc) is 2.33. The maximum Gasteiger partial charge on any atom is 0.237 e. The quantitative estimate of drug-likeness (QED) is 0.675. The molecule has 6 heteroatoms. The van der Waals surface area contributed by atoms with Gasteiger partial charge >= 0.3 is 0 Å². The summed E-state index contributed by atoms with van der Waals surface area (Å²) in [6.07, 6.45) is 2.82. The number of nitrogens with two attached hydrogens (primary N) is 1. The molecular weight excluding hydrogens is 238 g/mol. The summed E-state index contributed by atoms with van der Waals surface area (Å²) in [5, 5.41) is 2.86. The van der Waals surface area contributed by atoms with Gasteiger partial charge in [0.15, 0.2) is 0 Å². The van der Waals surface area contributed by atoms with Gasteiger partial charge in [0.05, 0.1) is 18.8 Å². The van der Waals surface area contributed by atoms with Crippen molar-refractivity contribution in [2.24, 2.45) is 5.73 Å². The molecule has 17 heavy (non-hydrogen) atoms. The van der Waals surface area contributed by atoms with Gasteiger partial charge in [-0.3, -0.25) is 4.79 Å². The molecule has 0 spiro atoms. The molecule has 1 aliphatic heterocycles. The molecule has 0 radical (unpaired) electrons. The van der Waals surface area contributed by atoms with Gasteiger partial charge in [-0.25, -0.2) is 0 Å². The Morgan fingerprint density at radius 3 is 3.12 bits per heavy atom. The van der Waals surface area contributed by atoms with Crippen molar-refractivity contribution in [2.45, 2.75) is 18.6 Å². The van der Waals surface area contributed by atoms with Crippen molar-refractivity contribution < 1.29 is 9.53 Å². The number of hydrogen-bond donors (Lipinski definition) is 2. The number of amides is 1. The van der Waals surface area contributed by atoms with Crippen LogP contribution in [-0.4, -0.2) is 68.3 Å². The Labute approximate surface area is 107 Å². The van der Waals surface area contributed by atoms with Gasteiger partial charge in [0.25, 0.3) is 0 Å². The van der Waals surface area contributed by atoms with Gasteiger partial charge in [-0.15, -0.1) is 0 Å². The fraction of sp³-hybridized carbons (Fsp3) is 0.909. The monoisotopic (exact) mass is 261 g/mol. The van der Waals surface area contributed by atoms with Crippen molar-refractivity contribution in [2.75, 3.05) is 45.3 Å². The number of carbonyl (C=O) groups is 1. The third kappa shape index (κ3) is 5.72. The maximum atomic E-state index is 11.7. The number of thioether (sulfide) groups is 1. The molecule has 0 aromatic heterocycles. The molecule has 1 heterocycles. The van der Waals surface area contributed by atoms with E-state index >= 15 is 0 Å². The normalized spacial score (nSPS) is 23.4. The Hall–Kier alpha value is -0.300. The number of nitrogens with zero attached hydrogens (tertiary/aromatic N) is 1. The van der Waals surface area contributed by atoms with Gasteiger partial charge in [-0.2, -0.15) is 11.8 Å². The van der Waals surface area contributed by atoms with Crippen LogP contribution in [0.5, 0.6) is 0 Å². The first-order chi connectivity index (χ1) is 8.13. The van der Waals surface area contributed by atoms with Crippen LogP contribution in [0.25, 0.3) is 0 Å². The van der Waals surface area contributed by atoms with Crippen LogP contribution in [0.4, 0.5) is 0 Å². The molecule has 0 saturated carbocycles. The Morgan fingerprint density at radius 1 is 1.71 bits per heavy atom. The highest BCUT2D eigenvalue weighted by Gasteiger charge is 2.19. The topological polar surface area (TPSA) is 67.6 Å². The Morgan fingerprint density at radius 2 is 2.47 bits per heavy atom. The molecule has 1 aliphatic rings. The van der Waals surface area contributed by atoms with Crippen molar-refractivity contribution in [3.8, 4) is 0 Å². The van der Waals surface area contributed by atoms with Crippen molar-refractivity contribution in [3.63, 3.8) is 0 Å². The zero-order chi connectivity index (χ0) is 12.7. The van der Waals surface area contributed by atoms with Crippen molar-refractivity contribution in [1.82, 2.24) is 10.2 Å². The number of rotatable bonds is 6. The summed E-state index contributed by atoms with van der Waals surface area (Å²) < 4.78 is 5.56. The second-order valence-corrected chi connectivity index (χ2v) is 5.37. The minimum atomic E-state index is -0.399. The van der Waals surface area contributed by atoms with E-state index in [4.69, 9.17) is 10.5 Å². The summed E-state index contributed by atoms with van der Waals surface area (Å²) in [6.45, 7) is 3.10.